The number of aromatic carboxylic acids is 1. The van der Waals surface area contributed by atoms with Crippen LogP contribution in [0.4, 0.5) is 0 Å². The van der Waals surface area contributed by atoms with E-state index < -0.39 is 11.5 Å². The van der Waals surface area contributed by atoms with Crippen molar-refractivity contribution in [3.05, 3.63) is 33.7 Å². The molecule has 0 atom stereocenters. The van der Waals surface area contributed by atoms with Crippen molar-refractivity contribution in [2.24, 2.45) is 13.0 Å². The molecule has 0 aliphatic heterocycles. The summed E-state index contributed by atoms with van der Waals surface area (Å²) >= 11 is 0. The third-order valence-electron chi connectivity index (χ3n) is 2.20. The first-order valence-electron chi connectivity index (χ1n) is 4.85. The molecule has 0 fully saturated rings. The summed E-state index contributed by atoms with van der Waals surface area (Å²) in [7, 11) is 1.55. The van der Waals surface area contributed by atoms with Crippen LogP contribution >= 0.6 is 0 Å². The van der Waals surface area contributed by atoms with Gasteiger partial charge in [0, 0.05) is 13.2 Å². The Labute approximate surface area is 88.2 Å². The predicted molar refractivity (Wildman–Crippen MR) is 57.2 cm³/mol. The van der Waals surface area contributed by atoms with Crippen LogP contribution in [0, 0.1) is 5.92 Å². The van der Waals surface area contributed by atoms with Gasteiger partial charge in [-0.15, -0.1) is 0 Å². The normalized spacial score (nSPS) is 10.7. The minimum atomic E-state index is -1.15. The average molecular weight is 209 g/mol. The van der Waals surface area contributed by atoms with Crippen LogP contribution in [-0.4, -0.2) is 15.6 Å². The summed E-state index contributed by atoms with van der Waals surface area (Å²) in [6, 6.07) is 1.70. The van der Waals surface area contributed by atoms with Crippen molar-refractivity contribution in [2.75, 3.05) is 0 Å². The first-order chi connectivity index (χ1) is 6.93. The van der Waals surface area contributed by atoms with Crippen molar-refractivity contribution in [1.29, 1.82) is 0 Å². The summed E-state index contributed by atoms with van der Waals surface area (Å²) in [5.74, 6) is -0.818. The molecule has 82 valence electrons. The quantitative estimate of drug-likeness (QED) is 0.815. The molecular weight excluding hydrogens is 194 g/mol. The Morgan fingerprint density at radius 3 is 2.60 bits per heavy atom. The van der Waals surface area contributed by atoms with Crippen molar-refractivity contribution in [1.82, 2.24) is 4.57 Å². The Balaban J connectivity index is 3.34. The summed E-state index contributed by atoms with van der Waals surface area (Å²) < 4.78 is 1.28. The van der Waals surface area contributed by atoms with Gasteiger partial charge in [-0.05, 0) is 24.0 Å². The Morgan fingerprint density at radius 1 is 1.53 bits per heavy atom. The second-order valence-electron chi connectivity index (χ2n) is 4.04. The van der Waals surface area contributed by atoms with E-state index in [0.29, 0.717) is 17.9 Å². The maximum absolute atomic E-state index is 11.6. The van der Waals surface area contributed by atoms with E-state index in [1.165, 1.54) is 4.57 Å². The molecule has 15 heavy (non-hydrogen) atoms. The topological polar surface area (TPSA) is 59.3 Å². The van der Waals surface area contributed by atoms with Crippen molar-refractivity contribution >= 4 is 5.97 Å². The van der Waals surface area contributed by atoms with E-state index in [0.717, 1.165) is 0 Å². The fraction of sp³-hybridized carbons (Fsp3) is 0.455. The summed E-state index contributed by atoms with van der Waals surface area (Å²) in [4.78, 5) is 22.6. The summed E-state index contributed by atoms with van der Waals surface area (Å²) in [6.45, 7) is 3.98. The average Bonchev–Trinajstić information content (AvgIpc) is 2.10. The summed E-state index contributed by atoms with van der Waals surface area (Å²) in [6.07, 6.45) is 2.21. The predicted octanol–water partition coefficient (Wildman–Crippen LogP) is 1.28. The number of carboxylic acid groups (broad SMARTS) is 1. The molecule has 0 saturated heterocycles. The number of nitrogens with zero attached hydrogens (tertiary/aromatic N) is 1. The molecule has 0 spiro atoms. The van der Waals surface area contributed by atoms with Crippen LogP contribution in [0.25, 0.3) is 0 Å². The van der Waals surface area contributed by atoms with Gasteiger partial charge in [0.15, 0.2) is 0 Å². The second kappa shape index (κ2) is 4.29. The molecule has 0 aliphatic carbocycles. The Hall–Kier alpha value is -1.58. The van der Waals surface area contributed by atoms with Crippen molar-refractivity contribution in [2.45, 2.75) is 20.3 Å². The first-order valence-corrected chi connectivity index (χ1v) is 4.85. The number of aryl methyl sites for hydroxylation is 1. The van der Waals surface area contributed by atoms with Crippen LogP contribution in [0.15, 0.2) is 17.1 Å². The number of carboxylic acids is 1. The Kier molecular flexibility index (Phi) is 3.29. The molecule has 0 radical (unpaired) electrons. The zero-order valence-corrected chi connectivity index (χ0v) is 9.15. The lowest BCUT2D eigenvalue weighted by molar-refractivity contribution is 0.0693. The molecule has 0 saturated carbocycles. The molecule has 0 unspecified atom stereocenters. The van der Waals surface area contributed by atoms with Crippen LogP contribution in [-0.2, 0) is 13.5 Å². The Morgan fingerprint density at radius 2 is 2.13 bits per heavy atom. The second-order valence-corrected chi connectivity index (χ2v) is 4.04. The number of pyridine rings is 1. The largest absolute Gasteiger partial charge is 0.477 e. The van der Waals surface area contributed by atoms with Gasteiger partial charge in [0.25, 0.3) is 5.56 Å². The van der Waals surface area contributed by atoms with Gasteiger partial charge in [0.05, 0.1) is 0 Å². The fourth-order valence-electron chi connectivity index (χ4n) is 1.51. The zero-order chi connectivity index (χ0) is 11.6. The highest BCUT2D eigenvalue weighted by Gasteiger charge is 2.16. The van der Waals surface area contributed by atoms with E-state index in [9.17, 15) is 9.59 Å². The third kappa shape index (κ3) is 2.46. The standard InChI is InChI=1S/C11H15NO3/c1-7(2)6-8-4-5-12(3)10(13)9(8)11(14)15/h4-5,7H,6H2,1-3H3,(H,14,15). The van der Waals surface area contributed by atoms with E-state index in [-0.39, 0.29) is 5.56 Å². The molecule has 1 N–H and O–H groups in total. The van der Waals surface area contributed by atoms with Gasteiger partial charge in [0.2, 0.25) is 0 Å². The molecule has 1 aromatic rings. The molecule has 4 nitrogen and oxygen atoms in total. The van der Waals surface area contributed by atoms with E-state index in [4.69, 9.17) is 5.11 Å². The lowest BCUT2D eigenvalue weighted by atomic mass is 9.99. The van der Waals surface area contributed by atoms with Gasteiger partial charge < -0.3 is 9.67 Å². The van der Waals surface area contributed by atoms with Crippen LogP contribution in [0.2, 0.25) is 0 Å². The monoisotopic (exact) mass is 209 g/mol. The van der Waals surface area contributed by atoms with Gasteiger partial charge in [0.1, 0.15) is 5.56 Å². The molecule has 0 aliphatic rings. The zero-order valence-electron chi connectivity index (χ0n) is 9.15. The van der Waals surface area contributed by atoms with Gasteiger partial charge in [-0.25, -0.2) is 4.79 Å². The smallest absolute Gasteiger partial charge is 0.341 e. The highest BCUT2D eigenvalue weighted by atomic mass is 16.4. The molecule has 1 aromatic heterocycles. The van der Waals surface area contributed by atoms with Crippen molar-refractivity contribution in [3.8, 4) is 0 Å². The summed E-state index contributed by atoms with van der Waals surface area (Å²) in [5, 5.41) is 8.97. The molecule has 0 amide bonds. The minimum Gasteiger partial charge on any atom is -0.477 e. The number of carbonyl (C=O) groups is 1. The Bertz CT molecular complexity index is 432. The first kappa shape index (κ1) is 11.5. The van der Waals surface area contributed by atoms with Crippen LogP contribution < -0.4 is 5.56 Å². The van der Waals surface area contributed by atoms with Gasteiger partial charge in [-0.2, -0.15) is 0 Å². The molecule has 4 heteroatoms. The number of aromatic nitrogens is 1. The fourth-order valence-corrected chi connectivity index (χ4v) is 1.51. The van der Waals surface area contributed by atoms with E-state index in [1.54, 1.807) is 19.3 Å². The van der Waals surface area contributed by atoms with Crippen LogP contribution in [0.1, 0.15) is 29.8 Å². The molecule has 0 aromatic carbocycles. The summed E-state index contributed by atoms with van der Waals surface area (Å²) in [5.41, 5.74) is 0.0648. The van der Waals surface area contributed by atoms with E-state index >= 15 is 0 Å². The number of rotatable bonds is 3. The van der Waals surface area contributed by atoms with Gasteiger partial charge in [-0.1, -0.05) is 13.8 Å². The number of hydrogen-bond acceptors (Lipinski definition) is 2. The lowest BCUT2D eigenvalue weighted by Gasteiger charge is -2.09. The van der Waals surface area contributed by atoms with Gasteiger partial charge in [-0.3, -0.25) is 4.79 Å². The highest BCUT2D eigenvalue weighted by molar-refractivity contribution is 5.88. The molecular formula is C11H15NO3. The number of hydrogen-bond donors (Lipinski definition) is 1. The maximum Gasteiger partial charge on any atom is 0.341 e. The molecule has 1 rings (SSSR count). The third-order valence-corrected chi connectivity index (χ3v) is 2.20. The molecule has 0 bridgehead atoms. The van der Waals surface area contributed by atoms with E-state index in [1.807, 2.05) is 13.8 Å². The van der Waals surface area contributed by atoms with Crippen LogP contribution in [0.3, 0.4) is 0 Å². The van der Waals surface area contributed by atoms with Crippen molar-refractivity contribution in [3.63, 3.8) is 0 Å². The SMILES string of the molecule is CC(C)Cc1ccn(C)c(=O)c1C(=O)O. The lowest BCUT2D eigenvalue weighted by Crippen LogP contribution is -2.26. The van der Waals surface area contributed by atoms with Crippen LogP contribution in [0.5, 0.6) is 0 Å². The maximum atomic E-state index is 11.6. The molecule has 1 heterocycles. The van der Waals surface area contributed by atoms with Gasteiger partial charge >= 0.3 is 5.97 Å². The van der Waals surface area contributed by atoms with Crippen molar-refractivity contribution < 1.29 is 9.90 Å². The van der Waals surface area contributed by atoms with E-state index in [2.05, 4.69) is 0 Å². The minimum absolute atomic E-state index is 0.103. The highest BCUT2D eigenvalue weighted by Crippen LogP contribution is 2.10.